The predicted octanol–water partition coefficient (Wildman–Crippen LogP) is 3.38. The average Bonchev–Trinajstić information content (AvgIpc) is 3.33. The Morgan fingerprint density at radius 2 is 2.04 bits per heavy atom. The molecule has 2 aromatic rings. The van der Waals surface area contributed by atoms with Crippen molar-refractivity contribution in [3.63, 3.8) is 0 Å². The van der Waals surface area contributed by atoms with Crippen LogP contribution in [-0.2, 0) is 0 Å². The van der Waals surface area contributed by atoms with E-state index >= 15 is 0 Å². The van der Waals surface area contributed by atoms with Crippen molar-refractivity contribution in [2.45, 2.75) is 39.2 Å². The van der Waals surface area contributed by atoms with Gasteiger partial charge in [-0.1, -0.05) is 0 Å². The number of carbonyl (C=O) groups excluding carboxylic acids is 1. The minimum atomic E-state index is -0.130. The number of carbonyl (C=O) groups is 1. The minimum Gasteiger partial charge on any atom is -0.485 e. The molecule has 1 atom stereocenters. The molecule has 7 heteroatoms. The summed E-state index contributed by atoms with van der Waals surface area (Å²) in [7, 11) is 0. The van der Waals surface area contributed by atoms with E-state index in [1.165, 1.54) is 12.8 Å². The lowest BCUT2D eigenvalue weighted by atomic mass is 10.2. The van der Waals surface area contributed by atoms with E-state index in [2.05, 4.69) is 20.2 Å². The lowest BCUT2D eigenvalue weighted by molar-refractivity contribution is 0.194. The van der Waals surface area contributed by atoms with Gasteiger partial charge in [0.05, 0.1) is 6.54 Å². The molecular weight excluding hydrogens is 354 g/mol. The molecule has 1 unspecified atom stereocenters. The van der Waals surface area contributed by atoms with Crippen LogP contribution in [0, 0.1) is 13.8 Å². The molecule has 2 aromatic heterocycles. The van der Waals surface area contributed by atoms with Gasteiger partial charge in [0.15, 0.2) is 11.6 Å². The second-order valence-electron chi connectivity index (χ2n) is 7.60. The molecule has 1 N–H and O–H groups in total. The van der Waals surface area contributed by atoms with Crippen molar-refractivity contribution in [1.82, 2.24) is 14.9 Å². The minimum absolute atomic E-state index is 0.0245. The number of pyridine rings is 2. The largest absolute Gasteiger partial charge is 0.485 e. The molecule has 0 spiro atoms. The number of rotatable bonds is 4. The summed E-state index contributed by atoms with van der Waals surface area (Å²) in [6, 6.07) is 7.62. The fraction of sp³-hybridized carbons (Fsp3) is 0.476. The van der Waals surface area contributed by atoms with Gasteiger partial charge in [0, 0.05) is 37.9 Å². The van der Waals surface area contributed by atoms with Gasteiger partial charge in [-0.2, -0.15) is 0 Å². The molecular formula is C21H27N5O2. The number of aromatic nitrogens is 2. The Balaban J connectivity index is 1.37. The van der Waals surface area contributed by atoms with Crippen LogP contribution in [0.2, 0.25) is 0 Å². The fourth-order valence-corrected chi connectivity index (χ4v) is 3.92. The van der Waals surface area contributed by atoms with Crippen molar-refractivity contribution in [1.29, 1.82) is 0 Å². The van der Waals surface area contributed by atoms with Gasteiger partial charge >= 0.3 is 6.03 Å². The zero-order chi connectivity index (χ0) is 19.5. The lowest BCUT2D eigenvalue weighted by Gasteiger charge is -2.22. The molecule has 2 fully saturated rings. The van der Waals surface area contributed by atoms with Gasteiger partial charge in [-0.3, -0.25) is 5.32 Å². The number of nitrogens with zero attached hydrogens (tertiary/aromatic N) is 4. The number of hydrogen-bond donors (Lipinski definition) is 1. The zero-order valence-corrected chi connectivity index (χ0v) is 16.5. The molecule has 2 aliphatic heterocycles. The molecule has 0 saturated carbocycles. The summed E-state index contributed by atoms with van der Waals surface area (Å²) in [5.41, 5.74) is 1.97. The molecule has 0 aliphatic carbocycles. The first-order chi connectivity index (χ1) is 13.6. The average molecular weight is 381 g/mol. The molecule has 0 radical (unpaired) electrons. The Bertz CT molecular complexity index is 830. The Labute approximate surface area is 165 Å². The van der Waals surface area contributed by atoms with Gasteiger partial charge in [-0.05, 0) is 56.5 Å². The Kier molecular flexibility index (Phi) is 5.32. The molecule has 0 aromatic carbocycles. The molecule has 0 bridgehead atoms. The third-order valence-electron chi connectivity index (χ3n) is 5.22. The Morgan fingerprint density at radius 3 is 2.82 bits per heavy atom. The van der Waals surface area contributed by atoms with Crippen LogP contribution in [-0.4, -0.2) is 53.2 Å². The number of amides is 2. The summed E-state index contributed by atoms with van der Waals surface area (Å²) in [5.74, 6) is 2.32. The third kappa shape index (κ3) is 4.18. The fourth-order valence-electron chi connectivity index (χ4n) is 3.92. The molecule has 2 saturated heterocycles. The highest BCUT2D eigenvalue weighted by molar-refractivity contribution is 5.88. The molecule has 4 heterocycles. The Hall–Kier alpha value is -2.83. The van der Waals surface area contributed by atoms with Crippen molar-refractivity contribution in [3.05, 3.63) is 41.7 Å². The van der Waals surface area contributed by atoms with Gasteiger partial charge in [0.1, 0.15) is 11.9 Å². The summed E-state index contributed by atoms with van der Waals surface area (Å²) in [5, 5.41) is 2.91. The first kappa shape index (κ1) is 18.5. The van der Waals surface area contributed by atoms with Crippen LogP contribution in [0.25, 0.3) is 0 Å². The van der Waals surface area contributed by atoms with Crippen LogP contribution < -0.4 is 15.0 Å². The van der Waals surface area contributed by atoms with E-state index in [9.17, 15) is 4.79 Å². The van der Waals surface area contributed by atoms with E-state index in [0.717, 1.165) is 42.3 Å². The third-order valence-corrected chi connectivity index (χ3v) is 5.22. The number of likely N-dealkylation sites (tertiary alicyclic amines) is 1. The topological polar surface area (TPSA) is 70.6 Å². The van der Waals surface area contributed by atoms with Gasteiger partial charge in [-0.15, -0.1) is 0 Å². The van der Waals surface area contributed by atoms with Crippen molar-refractivity contribution in [2.75, 3.05) is 36.4 Å². The molecule has 4 rings (SSSR count). The highest BCUT2D eigenvalue weighted by Crippen LogP contribution is 2.30. The summed E-state index contributed by atoms with van der Waals surface area (Å²) < 4.78 is 6.25. The molecule has 2 aliphatic rings. The van der Waals surface area contributed by atoms with E-state index in [0.29, 0.717) is 18.9 Å². The summed E-state index contributed by atoms with van der Waals surface area (Å²) in [4.78, 5) is 25.6. The van der Waals surface area contributed by atoms with Gasteiger partial charge in [-0.25, -0.2) is 14.8 Å². The highest BCUT2D eigenvalue weighted by Gasteiger charge is 2.29. The van der Waals surface area contributed by atoms with E-state index < -0.39 is 0 Å². The van der Waals surface area contributed by atoms with Gasteiger partial charge in [0.25, 0.3) is 0 Å². The van der Waals surface area contributed by atoms with Gasteiger partial charge in [0.2, 0.25) is 0 Å². The number of hydrogen-bond acceptors (Lipinski definition) is 5. The van der Waals surface area contributed by atoms with Crippen LogP contribution in [0.3, 0.4) is 0 Å². The maximum absolute atomic E-state index is 12.6. The maximum Gasteiger partial charge on any atom is 0.323 e. The number of ether oxygens (including phenoxy) is 1. The normalized spacial score (nSPS) is 19.1. The zero-order valence-electron chi connectivity index (χ0n) is 16.5. The summed E-state index contributed by atoms with van der Waals surface area (Å²) in [6.07, 6.45) is 4.98. The number of urea groups is 1. The molecule has 2 amide bonds. The standard InChI is InChI=1S/C21H27N5O2/c1-15-12-16(2)23-19(13-15)24-21(27)26-11-7-17(14-26)28-18-6-5-8-22-20(18)25-9-3-4-10-25/h5-6,8,12-13,17H,3-4,7,9-11,14H2,1-2H3,(H,23,24,27). The lowest BCUT2D eigenvalue weighted by Crippen LogP contribution is -2.35. The maximum atomic E-state index is 12.6. The predicted molar refractivity (Wildman–Crippen MR) is 109 cm³/mol. The first-order valence-corrected chi connectivity index (χ1v) is 9.96. The van der Waals surface area contributed by atoms with E-state index in [1.807, 2.05) is 44.3 Å². The highest BCUT2D eigenvalue weighted by atomic mass is 16.5. The van der Waals surface area contributed by atoms with Crippen molar-refractivity contribution < 1.29 is 9.53 Å². The van der Waals surface area contributed by atoms with Crippen LogP contribution >= 0.6 is 0 Å². The Morgan fingerprint density at radius 1 is 1.21 bits per heavy atom. The second-order valence-corrected chi connectivity index (χ2v) is 7.60. The number of nitrogens with one attached hydrogen (secondary N) is 1. The van der Waals surface area contributed by atoms with E-state index in [1.54, 1.807) is 4.90 Å². The van der Waals surface area contributed by atoms with E-state index in [4.69, 9.17) is 4.74 Å². The van der Waals surface area contributed by atoms with Crippen LogP contribution in [0.15, 0.2) is 30.5 Å². The first-order valence-electron chi connectivity index (χ1n) is 9.96. The summed E-state index contributed by atoms with van der Waals surface area (Å²) in [6.45, 7) is 7.20. The SMILES string of the molecule is Cc1cc(C)nc(NC(=O)N2CCC(Oc3cccnc3N3CCCC3)C2)c1. The second kappa shape index (κ2) is 8.04. The quantitative estimate of drug-likeness (QED) is 0.879. The van der Waals surface area contributed by atoms with E-state index in [-0.39, 0.29) is 12.1 Å². The molecule has 148 valence electrons. The van der Waals surface area contributed by atoms with Crippen molar-refractivity contribution in [3.8, 4) is 5.75 Å². The van der Waals surface area contributed by atoms with Crippen LogP contribution in [0.1, 0.15) is 30.5 Å². The van der Waals surface area contributed by atoms with Crippen LogP contribution in [0.5, 0.6) is 5.75 Å². The van der Waals surface area contributed by atoms with Crippen molar-refractivity contribution in [2.24, 2.45) is 0 Å². The van der Waals surface area contributed by atoms with Crippen molar-refractivity contribution >= 4 is 17.7 Å². The summed E-state index contributed by atoms with van der Waals surface area (Å²) >= 11 is 0. The smallest absolute Gasteiger partial charge is 0.323 e. The number of anilines is 2. The monoisotopic (exact) mass is 381 g/mol. The molecule has 7 nitrogen and oxygen atoms in total. The molecule has 28 heavy (non-hydrogen) atoms. The van der Waals surface area contributed by atoms with Crippen LogP contribution in [0.4, 0.5) is 16.4 Å². The number of aryl methyl sites for hydroxylation is 2. The van der Waals surface area contributed by atoms with Gasteiger partial charge < -0.3 is 14.5 Å².